The zero-order chi connectivity index (χ0) is 19.9. The number of hydrogen-bond acceptors (Lipinski definition) is 4. The van der Waals surface area contributed by atoms with Crippen LogP contribution in [0.3, 0.4) is 0 Å². The Morgan fingerprint density at radius 2 is 1.57 bits per heavy atom. The van der Waals surface area contributed by atoms with Crippen molar-refractivity contribution < 1.29 is 14.3 Å². The molecule has 2 aromatic carbocycles. The second-order valence-corrected chi connectivity index (χ2v) is 7.37. The zero-order valence-electron chi connectivity index (χ0n) is 16.6. The van der Waals surface area contributed by atoms with Gasteiger partial charge in [-0.25, -0.2) is 0 Å². The second-order valence-electron chi connectivity index (χ2n) is 7.37. The number of ether oxygens (including phenoxy) is 1. The van der Waals surface area contributed by atoms with Gasteiger partial charge in [0.1, 0.15) is 0 Å². The van der Waals surface area contributed by atoms with E-state index in [4.69, 9.17) is 4.74 Å². The summed E-state index contributed by atoms with van der Waals surface area (Å²) in [6.45, 7) is 7.52. The van der Waals surface area contributed by atoms with Crippen LogP contribution in [0.15, 0.2) is 54.6 Å². The summed E-state index contributed by atoms with van der Waals surface area (Å²) in [5.41, 5.74) is 1.44. The SMILES string of the molecule is C[C@@H]1CN(CCCNC(=O)c2ccccc2C(=O)c2ccccc2)C[C@@H](C)O1. The van der Waals surface area contributed by atoms with Crippen molar-refractivity contribution >= 4 is 11.7 Å². The van der Waals surface area contributed by atoms with Crippen molar-refractivity contribution in [1.29, 1.82) is 0 Å². The Hall–Kier alpha value is -2.50. The molecule has 5 nitrogen and oxygen atoms in total. The maximum absolute atomic E-state index is 12.8. The van der Waals surface area contributed by atoms with E-state index in [2.05, 4.69) is 24.1 Å². The van der Waals surface area contributed by atoms with Gasteiger partial charge in [-0.3, -0.25) is 14.5 Å². The number of nitrogens with one attached hydrogen (secondary N) is 1. The van der Waals surface area contributed by atoms with Gasteiger partial charge in [0.2, 0.25) is 0 Å². The third-order valence-electron chi connectivity index (χ3n) is 4.88. The quantitative estimate of drug-likeness (QED) is 0.592. The van der Waals surface area contributed by atoms with E-state index in [9.17, 15) is 9.59 Å². The number of carbonyl (C=O) groups is 2. The molecule has 2 atom stereocenters. The highest BCUT2D eigenvalue weighted by Crippen LogP contribution is 2.15. The molecule has 1 aliphatic heterocycles. The summed E-state index contributed by atoms with van der Waals surface area (Å²) in [5, 5.41) is 2.96. The van der Waals surface area contributed by atoms with Crippen molar-refractivity contribution in [2.45, 2.75) is 32.5 Å². The topological polar surface area (TPSA) is 58.6 Å². The van der Waals surface area contributed by atoms with Gasteiger partial charge in [-0.2, -0.15) is 0 Å². The molecular weight excluding hydrogens is 352 g/mol. The van der Waals surface area contributed by atoms with Crippen LogP contribution in [0, 0.1) is 0 Å². The molecular formula is C23H28N2O3. The average molecular weight is 380 g/mol. The van der Waals surface area contributed by atoms with Gasteiger partial charge in [0.25, 0.3) is 5.91 Å². The van der Waals surface area contributed by atoms with E-state index in [1.54, 1.807) is 36.4 Å². The van der Waals surface area contributed by atoms with Crippen LogP contribution in [0.2, 0.25) is 0 Å². The van der Waals surface area contributed by atoms with E-state index in [1.165, 1.54) is 0 Å². The van der Waals surface area contributed by atoms with Gasteiger partial charge in [0.05, 0.1) is 17.8 Å². The highest BCUT2D eigenvalue weighted by molar-refractivity contribution is 6.15. The molecule has 0 radical (unpaired) electrons. The number of nitrogens with zero attached hydrogens (tertiary/aromatic N) is 1. The van der Waals surface area contributed by atoms with Crippen molar-refractivity contribution in [2.75, 3.05) is 26.2 Å². The summed E-state index contributed by atoms with van der Waals surface area (Å²) >= 11 is 0. The summed E-state index contributed by atoms with van der Waals surface area (Å²) in [6, 6.07) is 16.0. The molecule has 1 saturated heterocycles. The number of ketones is 1. The molecule has 5 heteroatoms. The Kier molecular flexibility index (Phi) is 6.95. The molecule has 1 aliphatic rings. The van der Waals surface area contributed by atoms with Gasteiger partial charge in [-0.15, -0.1) is 0 Å². The lowest BCUT2D eigenvalue weighted by atomic mass is 9.98. The molecule has 0 aliphatic carbocycles. The van der Waals surface area contributed by atoms with Crippen molar-refractivity contribution in [1.82, 2.24) is 10.2 Å². The Balaban J connectivity index is 1.56. The van der Waals surface area contributed by atoms with Crippen molar-refractivity contribution in [3.8, 4) is 0 Å². The van der Waals surface area contributed by atoms with Crippen LogP contribution in [0.5, 0.6) is 0 Å². The van der Waals surface area contributed by atoms with Crippen LogP contribution >= 0.6 is 0 Å². The van der Waals surface area contributed by atoms with E-state index in [-0.39, 0.29) is 23.9 Å². The molecule has 2 aromatic rings. The molecule has 0 unspecified atom stereocenters. The van der Waals surface area contributed by atoms with Crippen molar-refractivity contribution in [2.24, 2.45) is 0 Å². The third kappa shape index (κ3) is 5.27. The van der Waals surface area contributed by atoms with Gasteiger partial charge < -0.3 is 10.1 Å². The van der Waals surface area contributed by atoms with E-state index in [0.717, 1.165) is 26.1 Å². The van der Waals surface area contributed by atoms with E-state index in [1.807, 2.05) is 18.2 Å². The highest BCUT2D eigenvalue weighted by Gasteiger charge is 2.22. The normalized spacial score (nSPS) is 19.9. The minimum Gasteiger partial charge on any atom is -0.373 e. The summed E-state index contributed by atoms with van der Waals surface area (Å²) in [7, 11) is 0. The standard InChI is InChI=1S/C23H28N2O3/c1-17-15-25(16-18(2)28-17)14-8-13-24-23(27)21-12-7-6-11-20(21)22(26)19-9-4-3-5-10-19/h3-7,9-12,17-18H,8,13-16H2,1-2H3,(H,24,27)/t17-,18-/m1/s1. The molecule has 148 valence electrons. The van der Waals surface area contributed by atoms with E-state index in [0.29, 0.717) is 23.2 Å². The van der Waals surface area contributed by atoms with E-state index >= 15 is 0 Å². The lowest BCUT2D eigenvalue weighted by Crippen LogP contribution is -2.46. The smallest absolute Gasteiger partial charge is 0.252 e. The van der Waals surface area contributed by atoms with Crippen LogP contribution in [0.1, 0.15) is 46.5 Å². The predicted octanol–water partition coefficient (Wildman–Crippen LogP) is 3.15. The molecule has 0 bridgehead atoms. The number of morpholine rings is 1. The molecule has 0 spiro atoms. The fourth-order valence-electron chi connectivity index (χ4n) is 3.69. The van der Waals surface area contributed by atoms with Crippen LogP contribution in [0.25, 0.3) is 0 Å². The number of benzene rings is 2. The number of amides is 1. The Morgan fingerprint density at radius 1 is 0.964 bits per heavy atom. The third-order valence-corrected chi connectivity index (χ3v) is 4.88. The maximum atomic E-state index is 12.8. The molecule has 3 rings (SSSR count). The Bertz CT molecular complexity index is 797. The second kappa shape index (κ2) is 9.62. The summed E-state index contributed by atoms with van der Waals surface area (Å²) in [4.78, 5) is 27.8. The van der Waals surface area contributed by atoms with Crippen LogP contribution in [0.4, 0.5) is 0 Å². The lowest BCUT2D eigenvalue weighted by molar-refractivity contribution is -0.0680. The molecule has 28 heavy (non-hydrogen) atoms. The minimum atomic E-state index is -0.205. The molecule has 1 amide bonds. The van der Waals surface area contributed by atoms with Gasteiger partial charge >= 0.3 is 0 Å². The van der Waals surface area contributed by atoms with Crippen LogP contribution in [-0.4, -0.2) is 55.0 Å². The zero-order valence-corrected chi connectivity index (χ0v) is 16.6. The first-order valence-corrected chi connectivity index (χ1v) is 9.89. The summed E-state index contributed by atoms with van der Waals surface area (Å²) < 4.78 is 5.75. The largest absolute Gasteiger partial charge is 0.373 e. The van der Waals surface area contributed by atoms with Crippen LogP contribution < -0.4 is 5.32 Å². The van der Waals surface area contributed by atoms with Gasteiger partial charge in [0.15, 0.2) is 5.78 Å². The van der Waals surface area contributed by atoms with Crippen LogP contribution in [-0.2, 0) is 4.74 Å². The van der Waals surface area contributed by atoms with Crippen molar-refractivity contribution in [3.05, 3.63) is 71.3 Å². The monoisotopic (exact) mass is 380 g/mol. The Morgan fingerprint density at radius 3 is 2.25 bits per heavy atom. The molecule has 1 N–H and O–H groups in total. The maximum Gasteiger partial charge on any atom is 0.252 e. The lowest BCUT2D eigenvalue weighted by Gasteiger charge is -2.35. The van der Waals surface area contributed by atoms with Gasteiger partial charge in [-0.05, 0) is 26.3 Å². The van der Waals surface area contributed by atoms with E-state index < -0.39 is 0 Å². The average Bonchev–Trinajstić information content (AvgIpc) is 2.70. The highest BCUT2D eigenvalue weighted by atomic mass is 16.5. The molecule has 1 heterocycles. The van der Waals surface area contributed by atoms with Gasteiger partial charge in [0, 0.05) is 37.3 Å². The fraction of sp³-hybridized carbons (Fsp3) is 0.391. The summed E-state index contributed by atoms with van der Waals surface area (Å²) in [5.74, 6) is -0.341. The number of carbonyl (C=O) groups excluding carboxylic acids is 2. The van der Waals surface area contributed by atoms with Crippen molar-refractivity contribution in [3.63, 3.8) is 0 Å². The van der Waals surface area contributed by atoms with Gasteiger partial charge in [-0.1, -0.05) is 48.5 Å². The summed E-state index contributed by atoms with van der Waals surface area (Å²) in [6.07, 6.45) is 1.35. The Labute approximate surface area is 166 Å². The minimum absolute atomic E-state index is 0.136. The number of rotatable bonds is 7. The predicted molar refractivity (Wildman–Crippen MR) is 110 cm³/mol. The fourth-order valence-corrected chi connectivity index (χ4v) is 3.69. The first-order valence-electron chi connectivity index (χ1n) is 9.89. The first kappa shape index (κ1) is 20.2. The molecule has 1 fully saturated rings. The number of hydrogen-bond donors (Lipinski definition) is 1. The molecule has 0 aromatic heterocycles. The molecule has 0 saturated carbocycles. The first-order chi connectivity index (χ1) is 13.5.